The van der Waals surface area contributed by atoms with Gasteiger partial charge in [0, 0.05) is 18.8 Å². The summed E-state index contributed by atoms with van der Waals surface area (Å²) in [5, 5.41) is 12.2. The number of pyridine rings is 1. The Labute approximate surface area is 112 Å². The number of carbonyl (C=O) groups excluding carboxylic acids is 1. The van der Waals surface area contributed by atoms with E-state index in [-0.39, 0.29) is 17.9 Å². The maximum absolute atomic E-state index is 11.8. The molecule has 1 aromatic rings. The lowest BCUT2D eigenvalue weighted by Gasteiger charge is -2.37. The van der Waals surface area contributed by atoms with Crippen LogP contribution < -0.4 is 10.2 Å². The molecule has 3 heterocycles. The molecule has 2 atom stereocenters. The zero-order valence-corrected chi connectivity index (χ0v) is 10.9. The van der Waals surface area contributed by atoms with Crippen molar-refractivity contribution in [3.05, 3.63) is 23.4 Å². The van der Waals surface area contributed by atoms with Gasteiger partial charge in [0.25, 0.3) is 0 Å². The second kappa shape index (κ2) is 4.54. The van der Waals surface area contributed by atoms with Crippen LogP contribution in [0.1, 0.15) is 24.1 Å². The summed E-state index contributed by atoms with van der Waals surface area (Å²) in [6.07, 6.45) is 1.90. The standard InChI is InChI=1S/C14H16N4O/c1-9-4-5-10(7-15)13(17-9)18-6-2-3-11-12(18)8-16-14(11)19/h4-5,11-12H,2-3,6,8H2,1H3,(H,16,19). The third-order valence-corrected chi connectivity index (χ3v) is 4.01. The smallest absolute Gasteiger partial charge is 0.225 e. The van der Waals surface area contributed by atoms with Gasteiger partial charge in [-0.05, 0) is 31.9 Å². The van der Waals surface area contributed by atoms with Crippen LogP contribution in [-0.4, -0.2) is 30.0 Å². The molecule has 2 aliphatic heterocycles. The molecule has 0 bridgehead atoms. The largest absolute Gasteiger partial charge is 0.354 e. The van der Waals surface area contributed by atoms with Crippen LogP contribution in [0.2, 0.25) is 0 Å². The third-order valence-electron chi connectivity index (χ3n) is 4.01. The van der Waals surface area contributed by atoms with Gasteiger partial charge in [-0.15, -0.1) is 0 Å². The van der Waals surface area contributed by atoms with Gasteiger partial charge in [-0.25, -0.2) is 4.98 Å². The van der Waals surface area contributed by atoms with E-state index in [1.54, 1.807) is 0 Å². The maximum atomic E-state index is 11.8. The van der Waals surface area contributed by atoms with E-state index in [4.69, 9.17) is 0 Å². The monoisotopic (exact) mass is 256 g/mol. The van der Waals surface area contributed by atoms with Crippen LogP contribution in [0.25, 0.3) is 0 Å². The number of carbonyl (C=O) groups is 1. The molecular formula is C14H16N4O. The van der Waals surface area contributed by atoms with Crippen molar-refractivity contribution in [2.75, 3.05) is 18.0 Å². The normalized spacial score (nSPS) is 25.7. The Balaban J connectivity index is 2.00. The predicted molar refractivity (Wildman–Crippen MR) is 70.6 cm³/mol. The fourth-order valence-corrected chi connectivity index (χ4v) is 3.06. The molecule has 19 heavy (non-hydrogen) atoms. The van der Waals surface area contributed by atoms with Crippen molar-refractivity contribution in [3.8, 4) is 6.07 Å². The number of amides is 1. The SMILES string of the molecule is Cc1ccc(C#N)c(N2CCCC3C(=O)NCC32)n1. The number of piperidine rings is 1. The molecule has 5 heteroatoms. The first-order chi connectivity index (χ1) is 9.20. The second-order valence-electron chi connectivity index (χ2n) is 5.19. The Kier molecular flexibility index (Phi) is 2.86. The molecule has 1 amide bonds. The van der Waals surface area contributed by atoms with Crippen LogP contribution in [-0.2, 0) is 4.79 Å². The molecule has 1 aromatic heterocycles. The van der Waals surface area contributed by atoms with Gasteiger partial charge in [0.2, 0.25) is 5.91 Å². The van der Waals surface area contributed by atoms with E-state index in [0.29, 0.717) is 12.1 Å². The van der Waals surface area contributed by atoms with Crippen molar-refractivity contribution in [1.29, 1.82) is 5.26 Å². The van der Waals surface area contributed by atoms with Gasteiger partial charge in [0.05, 0.1) is 17.5 Å². The third kappa shape index (κ3) is 1.93. The summed E-state index contributed by atoms with van der Waals surface area (Å²) in [7, 11) is 0. The van der Waals surface area contributed by atoms with Gasteiger partial charge in [-0.1, -0.05) is 0 Å². The summed E-state index contributed by atoms with van der Waals surface area (Å²) < 4.78 is 0. The minimum atomic E-state index is 0.0441. The van der Waals surface area contributed by atoms with Crippen molar-refractivity contribution in [1.82, 2.24) is 10.3 Å². The van der Waals surface area contributed by atoms with Gasteiger partial charge in [0.15, 0.2) is 0 Å². The molecule has 98 valence electrons. The molecule has 0 radical (unpaired) electrons. The number of hydrogen-bond acceptors (Lipinski definition) is 4. The molecule has 1 N–H and O–H groups in total. The second-order valence-corrected chi connectivity index (χ2v) is 5.19. The Bertz CT molecular complexity index is 563. The Morgan fingerprint density at radius 1 is 1.53 bits per heavy atom. The number of nitrogens with one attached hydrogen (secondary N) is 1. The molecule has 0 aromatic carbocycles. The predicted octanol–water partition coefficient (Wildman–Crippen LogP) is 0.976. The lowest BCUT2D eigenvalue weighted by atomic mass is 9.91. The molecule has 0 saturated carbocycles. The van der Waals surface area contributed by atoms with Crippen LogP contribution in [0.3, 0.4) is 0 Å². The number of fused-ring (bicyclic) bond motifs is 1. The molecule has 2 unspecified atom stereocenters. The van der Waals surface area contributed by atoms with Crippen molar-refractivity contribution in [2.24, 2.45) is 5.92 Å². The summed E-state index contributed by atoms with van der Waals surface area (Å²) in [5.74, 6) is 0.914. The number of anilines is 1. The molecule has 2 fully saturated rings. The summed E-state index contributed by atoms with van der Waals surface area (Å²) in [4.78, 5) is 18.4. The highest BCUT2D eigenvalue weighted by molar-refractivity contribution is 5.83. The van der Waals surface area contributed by atoms with Crippen LogP contribution >= 0.6 is 0 Å². The number of nitrogens with zero attached hydrogens (tertiary/aromatic N) is 3. The highest BCUT2D eigenvalue weighted by Crippen LogP contribution is 2.32. The summed E-state index contributed by atoms with van der Waals surface area (Å²) in [6.45, 7) is 3.44. The minimum Gasteiger partial charge on any atom is -0.354 e. The van der Waals surface area contributed by atoms with Crippen LogP contribution in [0.15, 0.2) is 12.1 Å². The van der Waals surface area contributed by atoms with Crippen LogP contribution in [0.5, 0.6) is 0 Å². The van der Waals surface area contributed by atoms with Gasteiger partial charge < -0.3 is 10.2 Å². The van der Waals surface area contributed by atoms with Crippen molar-refractivity contribution >= 4 is 11.7 Å². The van der Waals surface area contributed by atoms with Crippen molar-refractivity contribution in [2.45, 2.75) is 25.8 Å². The molecule has 5 nitrogen and oxygen atoms in total. The van der Waals surface area contributed by atoms with E-state index in [0.717, 1.165) is 30.9 Å². The van der Waals surface area contributed by atoms with Crippen LogP contribution in [0.4, 0.5) is 5.82 Å². The van der Waals surface area contributed by atoms with E-state index in [9.17, 15) is 10.1 Å². The number of rotatable bonds is 1. The van der Waals surface area contributed by atoms with Gasteiger partial charge in [0.1, 0.15) is 11.9 Å². The molecule has 2 saturated heterocycles. The Morgan fingerprint density at radius 3 is 3.16 bits per heavy atom. The maximum Gasteiger partial charge on any atom is 0.225 e. The minimum absolute atomic E-state index is 0.0441. The highest BCUT2D eigenvalue weighted by atomic mass is 16.2. The summed E-state index contributed by atoms with van der Waals surface area (Å²) in [5.41, 5.74) is 1.49. The molecule has 0 spiro atoms. The Hall–Kier alpha value is -2.09. The fourth-order valence-electron chi connectivity index (χ4n) is 3.06. The zero-order valence-electron chi connectivity index (χ0n) is 10.9. The van der Waals surface area contributed by atoms with E-state index in [1.165, 1.54) is 0 Å². The van der Waals surface area contributed by atoms with Gasteiger partial charge in [-0.2, -0.15) is 5.26 Å². The van der Waals surface area contributed by atoms with E-state index in [1.807, 2.05) is 19.1 Å². The Morgan fingerprint density at radius 2 is 2.37 bits per heavy atom. The lowest BCUT2D eigenvalue weighted by molar-refractivity contribution is -0.122. The molecule has 3 rings (SSSR count). The van der Waals surface area contributed by atoms with Crippen LogP contribution in [0, 0.1) is 24.2 Å². The number of aryl methyl sites for hydroxylation is 1. The first kappa shape index (κ1) is 12.0. The lowest BCUT2D eigenvalue weighted by Crippen LogP contribution is -2.46. The molecular weight excluding hydrogens is 240 g/mol. The van der Waals surface area contributed by atoms with E-state index < -0.39 is 0 Å². The molecule has 0 aliphatic carbocycles. The van der Waals surface area contributed by atoms with E-state index >= 15 is 0 Å². The van der Waals surface area contributed by atoms with Gasteiger partial charge >= 0.3 is 0 Å². The van der Waals surface area contributed by atoms with Crippen molar-refractivity contribution < 1.29 is 4.79 Å². The van der Waals surface area contributed by atoms with Crippen molar-refractivity contribution in [3.63, 3.8) is 0 Å². The average Bonchev–Trinajstić information content (AvgIpc) is 2.81. The first-order valence-corrected chi connectivity index (χ1v) is 6.63. The highest BCUT2D eigenvalue weighted by Gasteiger charge is 2.41. The van der Waals surface area contributed by atoms with E-state index in [2.05, 4.69) is 21.3 Å². The summed E-state index contributed by atoms with van der Waals surface area (Å²) >= 11 is 0. The number of hydrogen-bond donors (Lipinski definition) is 1. The first-order valence-electron chi connectivity index (χ1n) is 6.63. The number of nitriles is 1. The number of aromatic nitrogens is 1. The van der Waals surface area contributed by atoms with Gasteiger partial charge in [-0.3, -0.25) is 4.79 Å². The zero-order chi connectivity index (χ0) is 13.4. The fraction of sp³-hybridized carbons (Fsp3) is 0.500. The quantitative estimate of drug-likeness (QED) is 0.813. The topological polar surface area (TPSA) is 69.0 Å². The average molecular weight is 256 g/mol. The summed E-state index contributed by atoms with van der Waals surface area (Å²) in [6, 6.07) is 6.00. The molecule has 2 aliphatic rings.